The first-order valence-electron chi connectivity index (χ1n) is 6.12. The molecule has 0 spiro atoms. The van der Waals surface area contributed by atoms with E-state index in [1.165, 1.54) is 5.56 Å². The van der Waals surface area contributed by atoms with Crippen molar-refractivity contribution in [2.75, 3.05) is 0 Å². The highest BCUT2D eigenvalue weighted by molar-refractivity contribution is 5.37. The number of benzene rings is 1. The molecule has 0 radical (unpaired) electrons. The maximum atomic E-state index is 12.6. The predicted molar refractivity (Wildman–Crippen MR) is 66.1 cm³/mol. The first kappa shape index (κ1) is 12.3. The molecule has 0 N–H and O–H groups in total. The predicted octanol–water partition coefficient (Wildman–Crippen LogP) is 4.91. The molecule has 0 heterocycles. The zero-order chi connectivity index (χ0) is 12.5. The Hall–Kier alpha value is -1.18. The fourth-order valence-electron chi connectivity index (χ4n) is 2.94. The molecule has 2 heteroatoms. The first-order chi connectivity index (χ1) is 8.03. The van der Waals surface area contributed by atoms with Gasteiger partial charge in [0.05, 0.1) is 0 Å². The smallest absolute Gasteiger partial charge is 0.173 e. The third-order valence-electron chi connectivity index (χ3n) is 3.56. The lowest BCUT2D eigenvalue weighted by molar-refractivity contribution is 0.245. The van der Waals surface area contributed by atoms with Crippen LogP contribution in [0.3, 0.4) is 0 Å². The number of allylic oxidation sites excluding steroid dienone is 1. The monoisotopic (exact) mass is 236 g/mol. The standard InChI is InChI=1S/C15H18F2/c1-11(2)8-15(9-12(10-15)14(16)17)13-6-4-3-5-7-13/h3-7,11H,8-10H2,1-2H3. The number of rotatable bonds is 3. The van der Waals surface area contributed by atoms with Gasteiger partial charge in [-0.3, -0.25) is 0 Å². The Morgan fingerprint density at radius 2 is 1.76 bits per heavy atom. The van der Waals surface area contributed by atoms with Crippen molar-refractivity contribution in [1.29, 1.82) is 0 Å². The minimum atomic E-state index is -1.47. The fraction of sp³-hybridized carbons (Fsp3) is 0.467. The zero-order valence-corrected chi connectivity index (χ0v) is 10.3. The molecule has 0 saturated heterocycles. The molecule has 1 aliphatic carbocycles. The van der Waals surface area contributed by atoms with E-state index in [9.17, 15) is 8.78 Å². The van der Waals surface area contributed by atoms with E-state index < -0.39 is 6.08 Å². The summed E-state index contributed by atoms with van der Waals surface area (Å²) in [6, 6.07) is 10.1. The third-order valence-corrected chi connectivity index (χ3v) is 3.56. The summed E-state index contributed by atoms with van der Waals surface area (Å²) in [6.07, 6.45) is 0.559. The van der Waals surface area contributed by atoms with Gasteiger partial charge in [0, 0.05) is 5.41 Å². The van der Waals surface area contributed by atoms with Crippen LogP contribution in [0.1, 0.15) is 38.7 Å². The molecule has 0 bridgehead atoms. The minimum absolute atomic E-state index is 0.0474. The van der Waals surface area contributed by atoms with Crippen LogP contribution in [-0.4, -0.2) is 0 Å². The van der Waals surface area contributed by atoms with Crippen molar-refractivity contribution in [3.8, 4) is 0 Å². The molecule has 1 aromatic rings. The minimum Gasteiger partial charge on any atom is -0.173 e. The Balaban J connectivity index is 2.26. The van der Waals surface area contributed by atoms with Crippen LogP contribution in [0.4, 0.5) is 8.78 Å². The van der Waals surface area contributed by atoms with E-state index in [2.05, 4.69) is 26.0 Å². The molecule has 0 unspecified atom stereocenters. The van der Waals surface area contributed by atoms with Gasteiger partial charge in [-0.2, -0.15) is 8.78 Å². The first-order valence-corrected chi connectivity index (χ1v) is 6.12. The van der Waals surface area contributed by atoms with Crippen LogP contribution >= 0.6 is 0 Å². The molecular weight excluding hydrogens is 218 g/mol. The highest BCUT2D eigenvalue weighted by Crippen LogP contribution is 2.52. The highest BCUT2D eigenvalue weighted by atomic mass is 19.3. The van der Waals surface area contributed by atoms with Gasteiger partial charge in [-0.15, -0.1) is 0 Å². The molecule has 1 fully saturated rings. The number of hydrogen-bond donors (Lipinski definition) is 0. The van der Waals surface area contributed by atoms with Crippen molar-refractivity contribution in [2.24, 2.45) is 5.92 Å². The van der Waals surface area contributed by atoms with Gasteiger partial charge in [0.25, 0.3) is 6.08 Å². The summed E-state index contributed by atoms with van der Waals surface area (Å²) in [4.78, 5) is 0. The molecule has 0 nitrogen and oxygen atoms in total. The molecular formula is C15H18F2. The lowest BCUT2D eigenvalue weighted by Gasteiger charge is -2.45. The quantitative estimate of drug-likeness (QED) is 0.699. The van der Waals surface area contributed by atoms with E-state index in [0.29, 0.717) is 24.3 Å². The SMILES string of the molecule is CC(C)CC1(c2ccccc2)CC(=C(F)F)C1. The normalized spacial score (nSPS) is 23.7. The molecule has 0 aliphatic heterocycles. The van der Waals surface area contributed by atoms with Crippen molar-refractivity contribution in [2.45, 2.75) is 38.5 Å². The second kappa shape index (κ2) is 4.59. The van der Waals surface area contributed by atoms with E-state index >= 15 is 0 Å². The average molecular weight is 236 g/mol. The molecule has 17 heavy (non-hydrogen) atoms. The molecule has 0 aromatic heterocycles. The average Bonchev–Trinajstić information content (AvgIpc) is 2.23. The largest absolute Gasteiger partial charge is 0.269 e. The van der Waals surface area contributed by atoms with Crippen molar-refractivity contribution in [3.05, 3.63) is 47.5 Å². The van der Waals surface area contributed by atoms with Crippen molar-refractivity contribution >= 4 is 0 Å². The fourth-order valence-corrected chi connectivity index (χ4v) is 2.94. The molecule has 0 amide bonds. The molecule has 1 aliphatic rings. The maximum Gasteiger partial charge on any atom is 0.269 e. The third kappa shape index (κ3) is 2.41. The Kier molecular flexibility index (Phi) is 3.32. The van der Waals surface area contributed by atoms with E-state index in [-0.39, 0.29) is 5.41 Å². The van der Waals surface area contributed by atoms with Gasteiger partial charge in [-0.1, -0.05) is 44.2 Å². The lowest BCUT2D eigenvalue weighted by Crippen LogP contribution is -2.37. The Labute approximate surface area is 101 Å². The van der Waals surface area contributed by atoms with Crippen molar-refractivity contribution in [3.63, 3.8) is 0 Å². The highest BCUT2D eigenvalue weighted by Gasteiger charge is 2.44. The summed E-state index contributed by atoms with van der Waals surface area (Å²) in [5.74, 6) is 0.527. The van der Waals surface area contributed by atoms with Gasteiger partial charge in [0.1, 0.15) is 0 Å². The lowest BCUT2D eigenvalue weighted by atomic mass is 9.58. The van der Waals surface area contributed by atoms with E-state index in [1.54, 1.807) is 0 Å². The van der Waals surface area contributed by atoms with E-state index in [0.717, 1.165) is 6.42 Å². The summed E-state index contributed by atoms with van der Waals surface area (Å²) in [7, 11) is 0. The van der Waals surface area contributed by atoms with E-state index in [4.69, 9.17) is 0 Å². The Morgan fingerprint density at radius 1 is 1.18 bits per heavy atom. The molecule has 0 atom stereocenters. The molecule has 2 rings (SSSR count). The number of hydrogen-bond acceptors (Lipinski definition) is 0. The van der Waals surface area contributed by atoms with Crippen molar-refractivity contribution in [1.82, 2.24) is 0 Å². The van der Waals surface area contributed by atoms with Gasteiger partial charge in [-0.05, 0) is 36.3 Å². The Bertz CT molecular complexity index is 406. The molecule has 92 valence electrons. The number of halogens is 2. The van der Waals surface area contributed by atoms with Gasteiger partial charge < -0.3 is 0 Å². The van der Waals surface area contributed by atoms with Crippen LogP contribution in [0.5, 0.6) is 0 Å². The van der Waals surface area contributed by atoms with E-state index in [1.807, 2.05) is 18.2 Å². The summed E-state index contributed by atoms with van der Waals surface area (Å²) in [5, 5.41) is 0. The summed E-state index contributed by atoms with van der Waals surface area (Å²) >= 11 is 0. The zero-order valence-electron chi connectivity index (χ0n) is 10.3. The van der Waals surface area contributed by atoms with Gasteiger partial charge in [0.15, 0.2) is 0 Å². The second-order valence-corrected chi connectivity index (χ2v) is 5.46. The van der Waals surface area contributed by atoms with Gasteiger partial charge in [0.2, 0.25) is 0 Å². The van der Waals surface area contributed by atoms with Gasteiger partial charge in [-0.25, -0.2) is 0 Å². The van der Waals surface area contributed by atoms with Crippen LogP contribution in [-0.2, 0) is 5.41 Å². The second-order valence-electron chi connectivity index (χ2n) is 5.46. The summed E-state index contributed by atoms with van der Waals surface area (Å²) < 4.78 is 25.1. The topological polar surface area (TPSA) is 0 Å². The van der Waals surface area contributed by atoms with Crippen LogP contribution in [0.15, 0.2) is 42.0 Å². The summed E-state index contributed by atoms with van der Waals surface area (Å²) in [6.45, 7) is 4.30. The van der Waals surface area contributed by atoms with Crippen LogP contribution in [0, 0.1) is 5.92 Å². The van der Waals surface area contributed by atoms with Crippen molar-refractivity contribution < 1.29 is 8.78 Å². The molecule has 1 aromatic carbocycles. The van der Waals surface area contributed by atoms with Crippen LogP contribution < -0.4 is 0 Å². The maximum absolute atomic E-state index is 12.6. The Morgan fingerprint density at radius 3 is 2.24 bits per heavy atom. The van der Waals surface area contributed by atoms with Crippen LogP contribution in [0.2, 0.25) is 0 Å². The molecule has 1 saturated carbocycles. The summed E-state index contributed by atoms with van der Waals surface area (Å²) in [5.41, 5.74) is 1.50. The van der Waals surface area contributed by atoms with Crippen LogP contribution in [0.25, 0.3) is 0 Å². The van der Waals surface area contributed by atoms with Gasteiger partial charge >= 0.3 is 0 Å².